The molecule has 4 rings (SSSR count). The van der Waals surface area contributed by atoms with E-state index in [0.717, 1.165) is 25.2 Å². The molecule has 2 aromatic carbocycles. The molecule has 0 spiro atoms. The number of hydrogen-bond donors (Lipinski definition) is 0. The molecule has 0 bridgehead atoms. The first-order valence-corrected chi connectivity index (χ1v) is 12.2. The van der Waals surface area contributed by atoms with Gasteiger partial charge in [-0.3, -0.25) is 9.59 Å². The van der Waals surface area contributed by atoms with Crippen molar-refractivity contribution >= 4 is 23.4 Å². The molecule has 6 nitrogen and oxygen atoms in total. The number of benzene rings is 2. The topological polar surface area (TPSA) is 53.1 Å². The Kier molecular flexibility index (Phi) is 7.91. The number of ether oxygens (including phenoxy) is 1. The molecule has 2 aliphatic heterocycles. The highest BCUT2D eigenvalue weighted by Gasteiger charge is 2.40. The highest BCUT2D eigenvalue weighted by atomic mass is 35.5. The molecule has 2 fully saturated rings. The molecule has 2 saturated heterocycles. The number of nitrogens with zero attached hydrogens (tertiary/aromatic N) is 3. The maximum Gasteiger partial charge on any atom is 0.259 e. The molecule has 2 amide bonds. The monoisotopic (exact) mass is 505 g/mol. The fraction of sp³-hybridized carbons (Fsp3) is 0.462. The molecule has 0 aromatic heterocycles. The van der Waals surface area contributed by atoms with Gasteiger partial charge in [-0.1, -0.05) is 17.7 Å². The molecule has 35 heavy (non-hydrogen) atoms. The summed E-state index contributed by atoms with van der Waals surface area (Å²) in [5.74, 6) is -1.70. The van der Waals surface area contributed by atoms with E-state index in [0.29, 0.717) is 49.7 Å². The first kappa shape index (κ1) is 25.4. The first-order valence-electron chi connectivity index (χ1n) is 11.8. The highest BCUT2D eigenvalue weighted by Crippen LogP contribution is 2.37. The molecule has 0 unspecified atom stereocenters. The van der Waals surface area contributed by atoms with Gasteiger partial charge in [-0.05, 0) is 56.3 Å². The van der Waals surface area contributed by atoms with E-state index in [1.54, 1.807) is 24.3 Å². The van der Waals surface area contributed by atoms with Gasteiger partial charge in [0.1, 0.15) is 22.9 Å². The molecule has 0 atom stereocenters. The van der Waals surface area contributed by atoms with Crippen LogP contribution in [0.3, 0.4) is 0 Å². The van der Waals surface area contributed by atoms with Crippen molar-refractivity contribution in [2.24, 2.45) is 5.41 Å². The lowest BCUT2D eigenvalue weighted by atomic mass is 9.75. The smallest absolute Gasteiger partial charge is 0.259 e. The van der Waals surface area contributed by atoms with Gasteiger partial charge in [0.2, 0.25) is 5.91 Å². The number of carbonyl (C=O) groups is 2. The molecule has 0 radical (unpaired) electrons. The van der Waals surface area contributed by atoms with Crippen LogP contribution >= 0.6 is 11.6 Å². The number of likely N-dealkylation sites (N-methyl/N-ethyl adjacent to an activating group) is 1. The van der Waals surface area contributed by atoms with Gasteiger partial charge in [0, 0.05) is 56.1 Å². The Morgan fingerprint density at radius 3 is 2.11 bits per heavy atom. The van der Waals surface area contributed by atoms with Crippen LogP contribution in [0.25, 0.3) is 0 Å². The summed E-state index contributed by atoms with van der Waals surface area (Å²) in [5.41, 5.74) is -1.03. The van der Waals surface area contributed by atoms with Gasteiger partial charge < -0.3 is 19.4 Å². The number of rotatable bonds is 6. The van der Waals surface area contributed by atoms with E-state index in [1.165, 1.54) is 11.0 Å². The van der Waals surface area contributed by atoms with Gasteiger partial charge in [0.25, 0.3) is 5.91 Å². The number of carbonyl (C=O) groups excluding carboxylic acids is 2. The van der Waals surface area contributed by atoms with Crippen molar-refractivity contribution in [3.05, 3.63) is 64.7 Å². The van der Waals surface area contributed by atoms with Crippen molar-refractivity contribution in [3.63, 3.8) is 0 Å². The minimum absolute atomic E-state index is 0.0673. The molecular weight excluding hydrogens is 476 g/mol. The lowest BCUT2D eigenvalue weighted by Crippen LogP contribution is -2.51. The summed E-state index contributed by atoms with van der Waals surface area (Å²) < 4.78 is 34.4. The number of likely N-dealkylation sites (tertiary alicyclic amines) is 1. The molecule has 2 aliphatic rings. The van der Waals surface area contributed by atoms with Crippen LogP contribution in [-0.2, 0) is 4.79 Å². The number of piperidine rings is 1. The number of hydrogen-bond acceptors (Lipinski definition) is 4. The van der Waals surface area contributed by atoms with E-state index in [1.807, 2.05) is 11.9 Å². The standard InChI is InChI=1S/C26H30ClF2N3O3/c1-30-13-15-31(16-14-30)23(33)17-26(18-35-20-7-5-19(27)6-8-20)9-11-32(12-10-26)25(34)24-21(28)3-2-4-22(24)29/h2-8H,9-18H2,1H3. The Morgan fingerprint density at radius 1 is 0.914 bits per heavy atom. The van der Waals surface area contributed by atoms with E-state index < -0.39 is 28.5 Å². The Labute approximate surface area is 209 Å². The summed E-state index contributed by atoms with van der Waals surface area (Å²) in [6.07, 6.45) is 1.27. The molecule has 0 N–H and O–H groups in total. The molecule has 9 heteroatoms. The van der Waals surface area contributed by atoms with Crippen LogP contribution in [0.2, 0.25) is 5.02 Å². The van der Waals surface area contributed by atoms with Crippen LogP contribution in [0.4, 0.5) is 8.78 Å². The molecule has 0 saturated carbocycles. The minimum atomic E-state index is -0.872. The zero-order valence-corrected chi connectivity index (χ0v) is 20.6. The Hall–Kier alpha value is -2.71. The van der Waals surface area contributed by atoms with Crippen molar-refractivity contribution in [3.8, 4) is 5.75 Å². The van der Waals surface area contributed by atoms with E-state index >= 15 is 0 Å². The van der Waals surface area contributed by atoms with E-state index in [2.05, 4.69) is 4.90 Å². The van der Waals surface area contributed by atoms with Gasteiger partial charge in [0.05, 0.1) is 6.61 Å². The summed E-state index contributed by atoms with van der Waals surface area (Å²) in [7, 11) is 2.04. The lowest BCUT2D eigenvalue weighted by molar-refractivity contribution is -0.136. The van der Waals surface area contributed by atoms with Crippen LogP contribution in [0, 0.1) is 17.0 Å². The Morgan fingerprint density at radius 2 is 1.51 bits per heavy atom. The van der Waals surface area contributed by atoms with Crippen molar-refractivity contribution in [2.75, 3.05) is 52.9 Å². The zero-order chi connectivity index (χ0) is 25.0. The number of halogens is 3. The lowest BCUT2D eigenvalue weighted by Gasteiger charge is -2.42. The quantitative estimate of drug-likeness (QED) is 0.593. The van der Waals surface area contributed by atoms with Crippen LogP contribution in [0.5, 0.6) is 5.75 Å². The molecule has 0 aliphatic carbocycles. The van der Waals surface area contributed by atoms with Crippen LogP contribution in [0.15, 0.2) is 42.5 Å². The third-order valence-electron chi connectivity index (χ3n) is 7.03. The predicted molar refractivity (Wildman–Crippen MR) is 130 cm³/mol. The summed E-state index contributed by atoms with van der Waals surface area (Å²) >= 11 is 5.97. The van der Waals surface area contributed by atoms with Crippen LogP contribution < -0.4 is 4.74 Å². The normalized spacial score (nSPS) is 18.4. The van der Waals surface area contributed by atoms with Crippen LogP contribution in [-0.4, -0.2) is 79.4 Å². The van der Waals surface area contributed by atoms with E-state index in [9.17, 15) is 18.4 Å². The van der Waals surface area contributed by atoms with Crippen molar-refractivity contribution < 1.29 is 23.1 Å². The van der Waals surface area contributed by atoms with Gasteiger partial charge in [-0.15, -0.1) is 0 Å². The predicted octanol–water partition coefficient (Wildman–Crippen LogP) is 4.08. The van der Waals surface area contributed by atoms with Gasteiger partial charge in [0.15, 0.2) is 0 Å². The third-order valence-corrected chi connectivity index (χ3v) is 7.28. The summed E-state index contributed by atoms with van der Waals surface area (Å²) in [4.78, 5) is 31.6. The SMILES string of the molecule is CN1CCN(C(=O)CC2(COc3ccc(Cl)cc3)CCN(C(=O)c3c(F)cccc3F)CC2)CC1. The second kappa shape index (κ2) is 10.9. The highest BCUT2D eigenvalue weighted by molar-refractivity contribution is 6.30. The average Bonchev–Trinajstić information content (AvgIpc) is 2.84. The second-order valence-corrected chi connectivity index (χ2v) is 9.93. The summed E-state index contributed by atoms with van der Waals surface area (Å²) in [6, 6.07) is 10.4. The fourth-order valence-electron chi connectivity index (χ4n) is 4.67. The van der Waals surface area contributed by atoms with Crippen LogP contribution in [0.1, 0.15) is 29.6 Å². The summed E-state index contributed by atoms with van der Waals surface area (Å²) in [6.45, 7) is 3.89. The molecule has 2 heterocycles. The fourth-order valence-corrected chi connectivity index (χ4v) is 4.80. The van der Waals surface area contributed by atoms with Gasteiger partial charge in [-0.25, -0.2) is 8.78 Å². The second-order valence-electron chi connectivity index (χ2n) is 9.49. The largest absolute Gasteiger partial charge is 0.493 e. The molecule has 188 valence electrons. The minimum Gasteiger partial charge on any atom is -0.493 e. The summed E-state index contributed by atoms with van der Waals surface area (Å²) in [5, 5.41) is 0.601. The maximum absolute atomic E-state index is 14.2. The van der Waals surface area contributed by atoms with E-state index in [-0.39, 0.29) is 19.0 Å². The molecule has 2 aromatic rings. The number of amides is 2. The van der Waals surface area contributed by atoms with Crippen molar-refractivity contribution in [2.45, 2.75) is 19.3 Å². The van der Waals surface area contributed by atoms with Crippen molar-refractivity contribution in [1.82, 2.24) is 14.7 Å². The van der Waals surface area contributed by atoms with Gasteiger partial charge >= 0.3 is 0 Å². The third kappa shape index (κ3) is 6.11. The Bertz CT molecular complexity index is 1030. The first-order chi connectivity index (χ1) is 16.8. The molecular formula is C26H30ClF2N3O3. The number of piperazine rings is 1. The van der Waals surface area contributed by atoms with Gasteiger partial charge in [-0.2, -0.15) is 0 Å². The Balaban J connectivity index is 1.47. The maximum atomic E-state index is 14.2. The average molecular weight is 506 g/mol. The van der Waals surface area contributed by atoms with E-state index in [4.69, 9.17) is 16.3 Å². The van der Waals surface area contributed by atoms with Crippen molar-refractivity contribution in [1.29, 1.82) is 0 Å². The zero-order valence-electron chi connectivity index (χ0n) is 19.8.